The van der Waals surface area contributed by atoms with Crippen molar-refractivity contribution in [3.63, 3.8) is 0 Å². The molecule has 0 radical (unpaired) electrons. The molecule has 0 saturated heterocycles. The molecule has 0 spiro atoms. The maximum absolute atomic E-state index is 13.1. The van der Waals surface area contributed by atoms with Gasteiger partial charge in [0.05, 0.1) is 17.0 Å². The maximum atomic E-state index is 13.1. The van der Waals surface area contributed by atoms with Crippen LogP contribution < -0.4 is 10.1 Å². The molecule has 1 heterocycles. The summed E-state index contributed by atoms with van der Waals surface area (Å²) >= 11 is 1.69. The van der Waals surface area contributed by atoms with Crippen molar-refractivity contribution in [1.29, 1.82) is 0 Å². The number of aliphatic carboxylic acids is 1. The summed E-state index contributed by atoms with van der Waals surface area (Å²) in [6.45, 7) is 11.2. The third-order valence-corrected chi connectivity index (χ3v) is 8.55. The molecule has 2 N–H and O–H groups in total. The fourth-order valence-electron chi connectivity index (χ4n) is 5.34. The van der Waals surface area contributed by atoms with Gasteiger partial charge in [-0.3, -0.25) is 4.79 Å². The lowest BCUT2D eigenvalue weighted by atomic mass is 10.0. The van der Waals surface area contributed by atoms with Crippen LogP contribution in [0.3, 0.4) is 0 Å². The van der Waals surface area contributed by atoms with Crippen molar-refractivity contribution < 1.29 is 19.4 Å². The van der Waals surface area contributed by atoms with Crippen LogP contribution >= 0.6 is 11.3 Å². The lowest BCUT2D eigenvalue weighted by Crippen LogP contribution is -2.42. The van der Waals surface area contributed by atoms with Gasteiger partial charge in [-0.1, -0.05) is 32.0 Å². The number of aromatic nitrogens is 1. The molecule has 3 aromatic rings. The van der Waals surface area contributed by atoms with Gasteiger partial charge in [0.25, 0.3) is 0 Å². The summed E-state index contributed by atoms with van der Waals surface area (Å²) in [5.74, 6) is 0.160. The fraction of sp³-hybridized carbons (Fsp3) is 0.469. The number of hydrogen-bond acceptors (Lipinski definition) is 5. The second-order valence-electron chi connectivity index (χ2n) is 10.9. The van der Waals surface area contributed by atoms with Crippen molar-refractivity contribution in [2.24, 2.45) is 5.92 Å². The largest absolute Gasteiger partial charge is 0.491 e. The molecule has 40 heavy (non-hydrogen) atoms. The Morgan fingerprint density at radius 3 is 2.70 bits per heavy atom. The number of amides is 2. The second-order valence-corrected chi connectivity index (χ2v) is 11.9. The Balaban J connectivity index is 1.48. The van der Waals surface area contributed by atoms with Gasteiger partial charge < -0.3 is 20.1 Å². The predicted molar refractivity (Wildman–Crippen MR) is 161 cm³/mol. The average Bonchev–Trinajstić information content (AvgIpc) is 3.56. The highest BCUT2D eigenvalue weighted by Gasteiger charge is 2.28. The lowest BCUT2D eigenvalue weighted by molar-refractivity contribution is -0.138. The molecular formula is C32H41N3O4S. The summed E-state index contributed by atoms with van der Waals surface area (Å²) in [4.78, 5) is 31.8. The monoisotopic (exact) mass is 563 g/mol. The minimum absolute atomic E-state index is 0.0262. The SMILES string of the molecule is CCc1cc(-c2ncc(-c3cccc4c3CC[C@@H]4NC(=O)N(CC)CCC(C)CC(=O)O)s2)ccc1OC(C)C. The number of fused-ring (bicyclic) bond motifs is 1. The van der Waals surface area contributed by atoms with Gasteiger partial charge in [-0.25, -0.2) is 9.78 Å². The number of rotatable bonds is 12. The van der Waals surface area contributed by atoms with Crippen LogP contribution in [-0.2, 0) is 17.6 Å². The first kappa shape index (κ1) is 29.6. The van der Waals surface area contributed by atoms with Gasteiger partial charge in [-0.05, 0) is 92.8 Å². The molecule has 1 aromatic heterocycles. The van der Waals surface area contributed by atoms with E-state index in [1.807, 2.05) is 33.9 Å². The predicted octanol–water partition coefficient (Wildman–Crippen LogP) is 7.35. The topological polar surface area (TPSA) is 91.8 Å². The van der Waals surface area contributed by atoms with Crippen LogP contribution in [0.2, 0.25) is 0 Å². The van der Waals surface area contributed by atoms with Gasteiger partial charge in [0.15, 0.2) is 0 Å². The van der Waals surface area contributed by atoms with Gasteiger partial charge in [0.2, 0.25) is 0 Å². The first-order chi connectivity index (χ1) is 19.2. The van der Waals surface area contributed by atoms with E-state index in [-0.39, 0.29) is 30.5 Å². The molecule has 0 aliphatic heterocycles. The molecule has 0 fully saturated rings. The number of ether oxygens (including phenoxy) is 1. The molecule has 214 valence electrons. The molecule has 8 heteroatoms. The van der Waals surface area contributed by atoms with Gasteiger partial charge >= 0.3 is 12.0 Å². The number of hydrogen-bond donors (Lipinski definition) is 2. The zero-order valence-electron chi connectivity index (χ0n) is 24.2. The zero-order valence-corrected chi connectivity index (χ0v) is 25.0. The van der Waals surface area contributed by atoms with Crippen LogP contribution in [0.15, 0.2) is 42.6 Å². The maximum Gasteiger partial charge on any atom is 0.317 e. The van der Waals surface area contributed by atoms with E-state index in [1.165, 1.54) is 22.3 Å². The summed E-state index contributed by atoms with van der Waals surface area (Å²) in [5.41, 5.74) is 5.90. The smallest absolute Gasteiger partial charge is 0.317 e. The fourth-order valence-corrected chi connectivity index (χ4v) is 6.31. The number of benzene rings is 2. The summed E-state index contributed by atoms with van der Waals surface area (Å²) in [6.07, 6.45) is 5.52. The Morgan fingerprint density at radius 2 is 2.00 bits per heavy atom. The molecular weight excluding hydrogens is 522 g/mol. The summed E-state index contributed by atoms with van der Waals surface area (Å²) in [7, 11) is 0. The van der Waals surface area contributed by atoms with E-state index in [0.717, 1.165) is 40.5 Å². The molecule has 0 saturated carbocycles. The van der Waals surface area contributed by atoms with E-state index < -0.39 is 5.97 Å². The number of carboxylic acid groups (broad SMARTS) is 1. The van der Waals surface area contributed by atoms with Crippen LogP contribution in [0.25, 0.3) is 21.0 Å². The molecule has 2 aromatic carbocycles. The van der Waals surface area contributed by atoms with Crippen molar-refractivity contribution in [2.45, 2.75) is 78.9 Å². The first-order valence-corrected chi connectivity index (χ1v) is 15.2. The minimum Gasteiger partial charge on any atom is -0.491 e. The summed E-state index contributed by atoms with van der Waals surface area (Å²) in [5, 5.41) is 13.2. The van der Waals surface area contributed by atoms with E-state index >= 15 is 0 Å². The summed E-state index contributed by atoms with van der Waals surface area (Å²) < 4.78 is 5.98. The molecule has 1 unspecified atom stereocenters. The number of aryl methyl sites for hydroxylation is 1. The number of nitrogens with zero attached hydrogens (tertiary/aromatic N) is 2. The highest BCUT2D eigenvalue weighted by atomic mass is 32.1. The van der Waals surface area contributed by atoms with Crippen molar-refractivity contribution in [1.82, 2.24) is 15.2 Å². The molecule has 1 aliphatic carbocycles. The Kier molecular flexibility index (Phi) is 9.85. The van der Waals surface area contributed by atoms with Crippen molar-refractivity contribution in [3.8, 4) is 26.8 Å². The molecule has 7 nitrogen and oxygen atoms in total. The van der Waals surface area contributed by atoms with Crippen LogP contribution in [0, 0.1) is 5.92 Å². The van der Waals surface area contributed by atoms with Gasteiger partial charge in [0, 0.05) is 31.3 Å². The molecule has 4 rings (SSSR count). The van der Waals surface area contributed by atoms with E-state index in [4.69, 9.17) is 14.8 Å². The third kappa shape index (κ3) is 7.02. The van der Waals surface area contributed by atoms with E-state index in [0.29, 0.717) is 19.5 Å². The summed E-state index contributed by atoms with van der Waals surface area (Å²) in [6, 6.07) is 12.5. The minimum atomic E-state index is -0.800. The van der Waals surface area contributed by atoms with Crippen molar-refractivity contribution >= 4 is 23.3 Å². The Hall–Kier alpha value is -3.39. The Morgan fingerprint density at radius 1 is 1.20 bits per heavy atom. The van der Waals surface area contributed by atoms with Crippen LogP contribution in [0.5, 0.6) is 5.75 Å². The molecule has 2 amide bonds. The standard InChI is InChI=1S/C32H41N3O4S/c1-6-22-18-23(11-14-28(22)39-20(3)4)31-33-19-29(40-31)26-10-8-9-25-24(26)12-13-27(25)34-32(38)35(7-2)16-15-21(5)17-30(36)37/h8-11,14,18-21,27H,6-7,12-13,15-17H2,1-5H3,(H,34,38)(H,36,37)/t21?,27-/m0/s1. The van der Waals surface area contributed by atoms with E-state index in [1.54, 1.807) is 16.2 Å². The zero-order chi connectivity index (χ0) is 28.8. The lowest BCUT2D eigenvalue weighted by Gasteiger charge is -2.25. The van der Waals surface area contributed by atoms with E-state index in [2.05, 4.69) is 48.6 Å². The van der Waals surface area contributed by atoms with Crippen LogP contribution in [0.4, 0.5) is 4.79 Å². The molecule has 2 atom stereocenters. The average molecular weight is 564 g/mol. The van der Waals surface area contributed by atoms with Crippen molar-refractivity contribution in [2.75, 3.05) is 13.1 Å². The van der Waals surface area contributed by atoms with Gasteiger partial charge in [-0.2, -0.15) is 0 Å². The number of carboxylic acids is 1. The first-order valence-electron chi connectivity index (χ1n) is 14.3. The molecule has 0 bridgehead atoms. The number of nitrogens with one attached hydrogen (secondary N) is 1. The third-order valence-electron chi connectivity index (χ3n) is 7.47. The highest BCUT2D eigenvalue weighted by Crippen LogP contribution is 2.41. The number of carbonyl (C=O) groups excluding carboxylic acids is 1. The van der Waals surface area contributed by atoms with E-state index in [9.17, 15) is 9.59 Å². The number of thiazole rings is 1. The van der Waals surface area contributed by atoms with Crippen LogP contribution in [-0.4, -0.2) is 46.2 Å². The van der Waals surface area contributed by atoms with Crippen molar-refractivity contribution in [3.05, 3.63) is 59.3 Å². The highest BCUT2D eigenvalue weighted by molar-refractivity contribution is 7.18. The quantitative estimate of drug-likeness (QED) is 0.240. The number of carbonyl (C=O) groups is 2. The molecule has 1 aliphatic rings. The normalized spacial score (nSPS) is 15.1. The number of urea groups is 1. The van der Waals surface area contributed by atoms with Crippen LogP contribution in [0.1, 0.15) is 76.6 Å². The van der Waals surface area contributed by atoms with Gasteiger partial charge in [-0.15, -0.1) is 11.3 Å². The van der Waals surface area contributed by atoms with Gasteiger partial charge in [0.1, 0.15) is 10.8 Å². The Bertz CT molecular complexity index is 1340. The second kappa shape index (κ2) is 13.3. The Labute approximate surface area is 241 Å².